The van der Waals surface area contributed by atoms with Crippen LogP contribution >= 0.6 is 27.7 Å². The second-order valence-electron chi connectivity index (χ2n) is 3.84. The average Bonchev–Trinajstić information content (AvgIpc) is 2.30. The van der Waals surface area contributed by atoms with Crippen molar-refractivity contribution in [2.75, 3.05) is 0 Å². The van der Waals surface area contributed by atoms with E-state index in [1.807, 2.05) is 12.1 Å². The van der Waals surface area contributed by atoms with E-state index in [-0.39, 0.29) is 5.82 Å². The van der Waals surface area contributed by atoms with Gasteiger partial charge in [0, 0.05) is 15.1 Å². The maximum atomic E-state index is 13.6. The van der Waals surface area contributed by atoms with Gasteiger partial charge in [-0.1, -0.05) is 39.7 Å². The van der Waals surface area contributed by atoms with Gasteiger partial charge in [-0.15, -0.1) is 11.8 Å². The summed E-state index contributed by atoms with van der Waals surface area (Å²) >= 11 is 4.90. The van der Waals surface area contributed by atoms with Crippen molar-refractivity contribution in [3.05, 3.63) is 63.9 Å². The van der Waals surface area contributed by atoms with Crippen LogP contribution in [0.25, 0.3) is 0 Å². The zero-order valence-corrected chi connectivity index (χ0v) is 11.8. The molecule has 0 aliphatic heterocycles. The summed E-state index contributed by atoms with van der Waals surface area (Å²) in [6, 6.07) is 13.5. The van der Waals surface area contributed by atoms with Crippen LogP contribution in [0, 0.1) is 12.7 Å². The van der Waals surface area contributed by atoms with Crippen LogP contribution in [0.15, 0.2) is 51.8 Å². The molecule has 0 radical (unpaired) electrons. The third kappa shape index (κ3) is 3.58. The molecule has 0 aromatic heterocycles. The van der Waals surface area contributed by atoms with E-state index in [1.54, 1.807) is 11.8 Å². The van der Waals surface area contributed by atoms with Crippen LogP contribution in [-0.4, -0.2) is 0 Å². The molecule has 2 aromatic rings. The molecule has 88 valence electrons. The Balaban J connectivity index is 2.04. The zero-order valence-electron chi connectivity index (χ0n) is 9.41. The fraction of sp³-hybridized carbons (Fsp3) is 0.143. The van der Waals surface area contributed by atoms with Crippen molar-refractivity contribution in [2.45, 2.75) is 17.6 Å². The summed E-state index contributed by atoms with van der Waals surface area (Å²) in [6.45, 7) is 2.06. The topological polar surface area (TPSA) is 0 Å². The summed E-state index contributed by atoms with van der Waals surface area (Å²) in [5.41, 5.74) is 1.97. The number of hydrogen-bond donors (Lipinski definition) is 0. The van der Waals surface area contributed by atoms with Crippen LogP contribution in [0.2, 0.25) is 0 Å². The van der Waals surface area contributed by atoms with Crippen molar-refractivity contribution in [2.24, 2.45) is 0 Å². The minimum Gasteiger partial charge on any atom is -0.207 e. The molecule has 0 bridgehead atoms. The first-order valence-corrected chi connectivity index (χ1v) is 7.06. The molecule has 0 N–H and O–H groups in total. The van der Waals surface area contributed by atoms with Gasteiger partial charge in [0.05, 0.1) is 0 Å². The van der Waals surface area contributed by atoms with E-state index in [0.29, 0.717) is 5.75 Å². The summed E-state index contributed by atoms with van der Waals surface area (Å²) in [4.78, 5) is 1.16. The Morgan fingerprint density at radius 1 is 1.12 bits per heavy atom. The number of aryl methyl sites for hydroxylation is 1. The Hall–Kier alpha value is -0.800. The first-order chi connectivity index (χ1) is 8.15. The maximum Gasteiger partial charge on any atom is 0.128 e. The molecule has 0 saturated carbocycles. The molecular weight excluding hydrogens is 299 g/mol. The Kier molecular flexibility index (Phi) is 4.24. The maximum absolute atomic E-state index is 13.6. The van der Waals surface area contributed by atoms with Crippen LogP contribution in [0.5, 0.6) is 0 Å². The molecule has 2 aromatic carbocycles. The molecule has 0 aliphatic carbocycles. The number of halogens is 2. The van der Waals surface area contributed by atoms with Crippen LogP contribution in [0.3, 0.4) is 0 Å². The highest BCUT2D eigenvalue weighted by molar-refractivity contribution is 9.10. The van der Waals surface area contributed by atoms with Gasteiger partial charge in [0.25, 0.3) is 0 Å². The first-order valence-electron chi connectivity index (χ1n) is 5.28. The van der Waals surface area contributed by atoms with Gasteiger partial charge in [0.1, 0.15) is 5.82 Å². The van der Waals surface area contributed by atoms with Crippen molar-refractivity contribution in [3.8, 4) is 0 Å². The highest BCUT2D eigenvalue weighted by Gasteiger charge is 2.03. The van der Waals surface area contributed by atoms with E-state index < -0.39 is 0 Å². The average molecular weight is 311 g/mol. The number of benzene rings is 2. The van der Waals surface area contributed by atoms with E-state index in [2.05, 4.69) is 47.1 Å². The van der Waals surface area contributed by atoms with Crippen molar-refractivity contribution in [3.63, 3.8) is 0 Å². The van der Waals surface area contributed by atoms with Crippen molar-refractivity contribution in [1.82, 2.24) is 0 Å². The van der Waals surface area contributed by atoms with Gasteiger partial charge >= 0.3 is 0 Å². The van der Waals surface area contributed by atoms with Crippen LogP contribution in [0.4, 0.5) is 4.39 Å². The molecule has 0 unspecified atom stereocenters. The predicted octanol–water partition coefficient (Wildman–Crippen LogP) is 5.19. The minimum atomic E-state index is -0.154. The Bertz CT molecular complexity index is 508. The second kappa shape index (κ2) is 5.69. The fourth-order valence-electron chi connectivity index (χ4n) is 1.43. The van der Waals surface area contributed by atoms with Gasteiger partial charge < -0.3 is 0 Å². The molecule has 0 nitrogen and oxygen atoms in total. The van der Waals surface area contributed by atoms with Crippen molar-refractivity contribution in [1.29, 1.82) is 0 Å². The van der Waals surface area contributed by atoms with Gasteiger partial charge in [0.15, 0.2) is 0 Å². The van der Waals surface area contributed by atoms with Crippen LogP contribution in [-0.2, 0) is 5.75 Å². The summed E-state index contributed by atoms with van der Waals surface area (Å²) in [5, 5.41) is 0. The molecule has 0 spiro atoms. The Labute approximate surface area is 113 Å². The normalized spacial score (nSPS) is 10.5. The quantitative estimate of drug-likeness (QED) is 0.703. The standard InChI is InChI=1S/C14H12BrFS/c1-10-2-6-13(7-3-10)17-9-11-4-5-12(15)8-14(11)16/h2-8H,9H2,1H3. The molecule has 0 fully saturated rings. The van der Waals surface area contributed by atoms with Crippen LogP contribution < -0.4 is 0 Å². The summed E-state index contributed by atoms with van der Waals surface area (Å²) < 4.78 is 14.4. The minimum absolute atomic E-state index is 0.154. The molecule has 0 heterocycles. The number of hydrogen-bond acceptors (Lipinski definition) is 1. The van der Waals surface area contributed by atoms with Gasteiger partial charge in [0.2, 0.25) is 0 Å². The lowest BCUT2D eigenvalue weighted by atomic mass is 10.2. The lowest BCUT2D eigenvalue weighted by molar-refractivity contribution is 0.616. The van der Waals surface area contributed by atoms with E-state index in [9.17, 15) is 4.39 Å². The van der Waals surface area contributed by atoms with Crippen LogP contribution in [0.1, 0.15) is 11.1 Å². The summed E-state index contributed by atoms with van der Waals surface area (Å²) in [7, 11) is 0. The monoisotopic (exact) mass is 310 g/mol. The van der Waals surface area contributed by atoms with E-state index in [1.165, 1.54) is 11.6 Å². The Morgan fingerprint density at radius 3 is 2.47 bits per heavy atom. The Morgan fingerprint density at radius 2 is 1.82 bits per heavy atom. The summed E-state index contributed by atoms with van der Waals surface area (Å²) in [6.07, 6.45) is 0. The first kappa shape index (κ1) is 12.7. The van der Waals surface area contributed by atoms with Gasteiger partial charge in [-0.2, -0.15) is 0 Å². The number of rotatable bonds is 3. The highest BCUT2D eigenvalue weighted by Crippen LogP contribution is 2.25. The van der Waals surface area contributed by atoms with Crippen molar-refractivity contribution >= 4 is 27.7 Å². The highest BCUT2D eigenvalue weighted by atomic mass is 79.9. The van der Waals surface area contributed by atoms with Gasteiger partial charge in [-0.25, -0.2) is 4.39 Å². The molecule has 17 heavy (non-hydrogen) atoms. The third-order valence-electron chi connectivity index (χ3n) is 2.43. The largest absolute Gasteiger partial charge is 0.207 e. The third-order valence-corrected chi connectivity index (χ3v) is 3.98. The lowest BCUT2D eigenvalue weighted by Crippen LogP contribution is -1.87. The molecule has 0 amide bonds. The summed E-state index contributed by atoms with van der Waals surface area (Å²) in [5.74, 6) is 0.501. The number of thioether (sulfide) groups is 1. The molecule has 2 rings (SSSR count). The van der Waals surface area contributed by atoms with E-state index in [0.717, 1.165) is 14.9 Å². The van der Waals surface area contributed by atoms with E-state index >= 15 is 0 Å². The van der Waals surface area contributed by atoms with Crippen molar-refractivity contribution < 1.29 is 4.39 Å². The van der Waals surface area contributed by atoms with Gasteiger partial charge in [-0.3, -0.25) is 0 Å². The van der Waals surface area contributed by atoms with Gasteiger partial charge in [-0.05, 0) is 36.8 Å². The second-order valence-corrected chi connectivity index (χ2v) is 5.80. The molecule has 0 aliphatic rings. The molecule has 3 heteroatoms. The SMILES string of the molecule is Cc1ccc(SCc2ccc(Br)cc2F)cc1. The fourth-order valence-corrected chi connectivity index (χ4v) is 2.65. The molecule has 0 saturated heterocycles. The lowest BCUT2D eigenvalue weighted by Gasteiger charge is -2.04. The predicted molar refractivity (Wildman–Crippen MR) is 74.8 cm³/mol. The van der Waals surface area contributed by atoms with E-state index in [4.69, 9.17) is 0 Å². The zero-order chi connectivity index (χ0) is 12.3. The molecular formula is C14H12BrFS. The smallest absolute Gasteiger partial charge is 0.128 e. The molecule has 0 atom stereocenters.